The van der Waals surface area contributed by atoms with E-state index in [1.54, 1.807) is 0 Å². The minimum Gasteiger partial charge on any atom is -0.309 e. The topological polar surface area (TPSA) is 4.93 Å². The van der Waals surface area contributed by atoms with Crippen LogP contribution in [-0.2, 0) is 0 Å². The van der Waals surface area contributed by atoms with Crippen molar-refractivity contribution >= 4 is 45.3 Å². The molecule has 0 unspecified atom stereocenters. The quantitative estimate of drug-likeness (QED) is 0.182. The number of para-hydroxylation sites is 3. The van der Waals surface area contributed by atoms with Gasteiger partial charge in [0.05, 0.1) is 11.0 Å². The van der Waals surface area contributed by atoms with Gasteiger partial charge in [-0.15, -0.1) is 0 Å². The van der Waals surface area contributed by atoms with Gasteiger partial charge in [-0.2, -0.15) is 0 Å². The van der Waals surface area contributed by atoms with Gasteiger partial charge in [-0.05, 0) is 70.3 Å². The van der Waals surface area contributed by atoms with Gasteiger partial charge in [0, 0.05) is 52.7 Å². The molecular formula is C48H31NS2. The van der Waals surface area contributed by atoms with Crippen molar-refractivity contribution in [3.05, 3.63) is 188 Å². The maximum absolute atomic E-state index is 2.45. The van der Waals surface area contributed by atoms with Crippen molar-refractivity contribution in [2.75, 3.05) is 0 Å². The first-order valence-electron chi connectivity index (χ1n) is 17.3. The van der Waals surface area contributed by atoms with E-state index < -0.39 is 0 Å². The normalized spacial score (nSPS) is 12.2. The molecule has 10 rings (SSSR count). The molecule has 1 aromatic heterocycles. The van der Waals surface area contributed by atoms with Gasteiger partial charge in [-0.3, -0.25) is 0 Å². The molecule has 0 radical (unpaired) electrons. The molecule has 240 valence electrons. The van der Waals surface area contributed by atoms with E-state index in [1.807, 2.05) is 23.5 Å². The number of hydrogen-bond donors (Lipinski definition) is 0. The lowest BCUT2D eigenvalue weighted by Gasteiger charge is -2.24. The SMILES string of the molecule is c1ccc(-c2cccc3c2-c2ccccc2Sc2ccccc2-c2c(cccc2-c2cccc4c5ccccc5n(-c5ccccc5)c24)S3)cc1. The molecule has 0 saturated heterocycles. The number of aromatic nitrogens is 1. The van der Waals surface area contributed by atoms with Crippen molar-refractivity contribution in [3.63, 3.8) is 0 Å². The summed E-state index contributed by atoms with van der Waals surface area (Å²) < 4.78 is 2.45. The van der Waals surface area contributed by atoms with Crippen LogP contribution in [-0.4, -0.2) is 4.57 Å². The summed E-state index contributed by atoms with van der Waals surface area (Å²) in [6.45, 7) is 0. The van der Waals surface area contributed by atoms with Crippen LogP contribution < -0.4 is 0 Å². The maximum Gasteiger partial charge on any atom is 0.0619 e. The van der Waals surface area contributed by atoms with E-state index in [2.05, 4.69) is 193 Å². The zero-order valence-electron chi connectivity index (χ0n) is 27.7. The highest BCUT2D eigenvalue weighted by Crippen LogP contribution is 2.53. The zero-order chi connectivity index (χ0) is 33.7. The molecule has 0 spiro atoms. The van der Waals surface area contributed by atoms with Gasteiger partial charge >= 0.3 is 0 Å². The number of benzene rings is 8. The second-order valence-electron chi connectivity index (χ2n) is 12.8. The van der Waals surface area contributed by atoms with Crippen LogP contribution in [0.3, 0.4) is 0 Å². The number of hydrogen-bond acceptors (Lipinski definition) is 2. The Bertz CT molecular complexity index is 2740. The van der Waals surface area contributed by atoms with Crippen molar-refractivity contribution in [1.29, 1.82) is 0 Å². The average Bonchev–Trinajstić information content (AvgIpc) is 3.54. The fourth-order valence-electron chi connectivity index (χ4n) is 7.71. The molecule has 1 nitrogen and oxygen atoms in total. The lowest BCUT2D eigenvalue weighted by atomic mass is 9.93. The van der Waals surface area contributed by atoms with E-state index in [0.717, 1.165) is 5.69 Å². The standard InChI is InChI=1S/C48H31NS2/c1-3-16-32(17-4-1)34-23-14-30-44-46(34)39-21-8-11-28-42(39)50-43-29-12-9-22-40(43)47-36(24-15-31-45(47)51-44)38-26-13-25-37-35-20-7-10-27-41(35)49(48(37)38)33-18-5-2-6-19-33/h1-31H. The molecule has 3 heteroatoms. The van der Waals surface area contributed by atoms with Crippen molar-refractivity contribution in [1.82, 2.24) is 4.57 Å². The Kier molecular flexibility index (Phi) is 7.41. The number of fused-ring (bicyclic) bond motifs is 9. The van der Waals surface area contributed by atoms with Gasteiger partial charge in [0.2, 0.25) is 0 Å². The van der Waals surface area contributed by atoms with Gasteiger partial charge in [-0.25, -0.2) is 0 Å². The van der Waals surface area contributed by atoms with E-state index in [-0.39, 0.29) is 0 Å². The Hall–Kier alpha value is -5.74. The van der Waals surface area contributed by atoms with E-state index in [9.17, 15) is 0 Å². The Morgan fingerprint density at radius 2 is 0.784 bits per heavy atom. The minimum absolute atomic E-state index is 1.16. The van der Waals surface area contributed by atoms with Crippen molar-refractivity contribution in [3.8, 4) is 50.2 Å². The van der Waals surface area contributed by atoms with E-state index in [0.29, 0.717) is 0 Å². The molecule has 0 bridgehead atoms. The highest BCUT2D eigenvalue weighted by atomic mass is 32.2. The molecule has 51 heavy (non-hydrogen) atoms. The van der Waals surface area contributed by atoms with E-state index in [4.69, 9.17) is 0 Å². The summed E-state index contributed by atoms with van der Waals surface area (Å²) >= 11 is 3.75. The first-order valence-corrected chi connectivity index (χ1v) is 18.9. The Morgan fingerprint density at radius 1 is 0.314 bits per heavy atom. The summed E-state index contributed by atoms with van der Waals surface area (Å²) in [6, 6.07) is 68.7. The summed E-state index contributed by atoms with van der Waals surface area (Å²) in [5.41, 5.74) is 13.6. The van der Waals surface area contributed by atoms with Crippen LogP contribution in [0.1, 0.15) is 0 Å². The number of nitrogens with zero attached hydrogens (tertiary/aromatic N) is 1. The summed E-state index contributed by atoms with van der Waals surface area (Å²) in [6.07, 6.45) is 0. The second-order valence-corrected chi connectivity index (χ2v) is 15.0. The molecule has 1 aliphatic rings. The average molecular weight is 686 g/mol. The van der Waals surface area contributed by atoms with Gasteiger partial charge in [0.15, 0.2) is 0 Å². The molecular weight excluding hydrogens is 655 g/mol. The van der Waals surface area contributed by atoms with Crippen molar-refractivity contribution in [2.45, 2.75) is 19.6 Å². The third-order valence-electron chi connectivity index (χ3n) is 9.89. The lowest BCUT2D eigenvalue weighted by Crippen LogP contribution is -1.98. The van der Waals surface area contributed by atoms with Crippen LogP contribution in [0.25, 0.3) is 72.0 Å². The molecule has 0 amide bonds. The smallest absolute Gasteiger partial charge is 0.0619 e. The van der Waals surface area contributed by atoms with Crippen LogP contribution in [0, 0.1) is 0 Å². The van der Waals surface area contributed by atoms with Crippen LogP contribution >= 0.6 is 23.5 Å². The molecule has 2 heterocycles. The highest BCUT2D eigenvalue weighted by Gasteiger charge is 2.25. The zero-order valence-corrected chi connectivity index (χ0v) is 29.3. The van der Waals surface area contributed by atoms with Crippen molar-refractivity contribution in [2.24, 2.45) is 0 Å². The van der Waals surface area contributed by atoms with Gasteiger partial charge in [0.25, 0.3) is 0 Å². The predicted octanol–water partition coefficient (Wildman–Crippen LogP) is 14.1. The predicted molar refractivity (Wildman–Crippen MR) is 217 cm³/mol. The Morgan fingerprint density at radius 3 is 1.51 bits per heavy atom. The van der Waals surface area contributed by atoms with Crippen LogP contribution in [0.2, 0.25) is 0 Å². The maximum atomic E-state index is 2.45. The third kappa shape index (κ3) is 5.04. The first kappa shape index (κ1) is 30.1. The second kappa shape index (κ2) is 12.5. The van der Waals surface area contributed by atoms with Gasteiger partial charge in [0.1, 0.15) is 0 Å². The Labute approximate surface area is 306 Å². The highest BCUT2D eigenvalue weighted by molar-refractivity contribution is 8.00. The van der Waals surface area contributed by atoms with Crippen molar-refractivity contribution < 1.29 is 0 Å². The summed E-state index contributed by atoms with van der Waals surface area (Å²) in [5, 5.41) is 2.51. The summed E-state index contributed by atoms with van der Waals surface area (Å²) in [4.78, 5) is 4.99. The minimum atomic E-state index is 1.16. The number of rotatable bonds is 3. The van der Waals surface area contributed by atoms with E-state index >= 15 is 0 Å². The third-order valence-corrected chi connectivity index (χ3v) is 12.2. The molecule has 0 atom stereocenters. The molecule has 8 aromatic carbocycles. The Balaban J connectivity index is 1.30. The van der Waals surface area contributed by atoms with E-state index in [1.165, 1.54) is 85.9 Å². The fourth-order valence-corrected chi connectivity index (χ4v) is 9.98. The van der Waals surface area contributed by atoms with Gasteiger partial charge < -0.3 is 4.57 Å². The fraction of sp³-hybridized carbons (Fsp3) is 0. The molecule has 0 fully saturated rings. The lowest BCUT2D eigenvalue weighted by molar-refractivity contribution is 1.18. The summed E-state index contributed by atoms with van der Waals surface area (Å²) in [5.74, 6) is 0. The van der Waals surface area contributed by atoms with Crippen LogP contribution in [0.15, 0.2) is 208 Å². The van der Waals surface area contributed by atoms with Crippen LogP contribution in [0.5, 0.6) is 0 Å². The van der Waals surface area contributed by atoms with Crippen LogP contribution in [0.4, 0.5) is 0 Å². The first-order chi connectivity index (χ1) is 25.3. The summed E-state index contributed by atoms with van der Waals surface area (Å²) in [7, 11) is 0. The molecule has 0 N–H and O–H groups in total. The molecule has 0 aliphatic carbocycles. The largest absolute Gasteiger partial charge is 0.309 e. The molecule has 9 aromatic rings. The monoisotopic (exact) mass is 685 g/mol. The molecule has 1 aliphatic heterocycles. The van der Waals surface area contributed by atoms with Gasteiger partial charge in [-0.1, -0.05) is 169 Å². The molecule has 0 saturated carbocycles.